The molecule has 1 saturated heterocycles. The molecular weight excluding hydrogens is 1040 g/mol. The van der Waals surface area contributed by atoms with Gasteiger partial charge in [0.15, 0.2) is 0 Å². The molecule has 19 nitrogen and oxygen atoms in total. The third-order valence-electron chi connectivity index (χ3n) is 14.2. The molecule has 0 bridgehead atoms. The van der Waals surface area contributed by atoms with E-state index >= 15 is 0 Å². The predicted molar refractivity (Wildman–Crippen MR) is 297 cm³/mol. The number of aromatic nitrogens is 1. The first-order chi connectivity index (χ1) is 36.8. The first kappa shape index (κ1) is 58.8. The SMILES string of the molecule is Cc1ncsc1-c1ccc([C@H](C)NC(=O)[C@@H]2C[C@@H](O)CN2C(=O)C(NC(=O)CCCCc2cccc(NC(=O)C(CCC(N)=O)NC(=O)[C@@H]3Cc4cccc5c4N3C(=O)[C@@H](NC(=O)OC(C)(C)C)CC5)c2Cl)C(C)(C)C)cc1. The number of hydrogen-bond donors (Lipinski definition) is 7. The van der Waals surface area contributed by atoms with E-state index in [-0.39, 0.29) is 61.7 Å². The molecule has 8 N–H and O–H groups in total. The third-order valence-corrected chi connectivity index (χ3v) is 15.6. The Labute approximate surface area is 464 Å². The zero-order chi connectivity index (χ0) is 56.8. The number of amides is 8. The number of carbonyl (C=O) groups excluding carboxylic acids is 8. The zero-order valence-electron chi connectivity index (χ0n) is 45.5. The first-order valence-electron chi connectivity index (χ1n) is 26.5. The zero-order valence-corrected chi connectivity index (χ0v) is 47.1. The summed E-state index contributed by atoms with van der Waals surface area (Å²) in [7, 11) is 0. The summed E-state index contributed by atoms with van der Waals surface area (Å²) >= 11 is 8.44. The second kappa shape index (κ2) is 24.8. The maximum Gasteiger partial charge on any atom is 0.408 e. The molecule has 0 spiro atoms. The minimum atomic E-state index is -1.27. The van der Waals surface area contributed by atoms with Gasteiger partial charge in [-0.05, 0) is 112 Å². The lowest BCUT2D eigenvalue weighted by atomic mass is 9.85. The molecule has 0 saturated carbocycles. The monoisotopic (exact) mass is 1110 g/mol. The van der Waals surface area contributed by atoms with Crippen molar-refractivity contribution < 1.29 is 48.2 Å². The van der Waals surface area contributed by atoms with Gasteiger partial charge in [0.1, 0.15) is 35.8 Å². The van der Waals surface area contributed by atoms with Gasteiger partial charge in [0.2, 0.25) is 41.4 Å². The lowest BCUT2D eigenvalue weighted by molar-refractivity contribution is -0.144. The second-order valence-corrected chi connectivity index (χ2v) is 23.7. The van der Waals surface area contributed by atoms with Crippen LogP contribution in [0.1, 0.15) is 127 Å². The molecule has 4 aromatic rings. The number of thiazole rings is 1. The molecule has 1 aromatic heterocycles. The number of aliphatic hydroxyl groups excluding tert-OH is 1. The smallest absolute Gasteiger partial charge is 0.408 e. The fourth-order valence-corrected chi connectivity index (χ4v) is 11.3. The molecule has 3 aromatic carbocycles. The van der Waals surface area contributed by atoms with E-state index in [2.05, 4.69) is 31.6 Å². The van der Waals surface area contributed by atoms with Crippen LogP contribution in [0.2, 0.25) is 5.02 Å². The lowest BCUT2D eigenvalue weighted by Gasteiger charge is -2.35. The van der Waals surface area contributed by atoms with Gasteiger partial charge in [-0.15, -0.1) is 11.3 Å². The molecule has 7 atom stereocenters. The summed E-state index contributed by atoms with van der Waals surface area (Å²) in [6, 6.07) is 12.8. The van der Waals surface area contributed by atoms with Crippen LogP contribution in [0, 0.1) is 12.3 Å². The maximum absolute atomic E-state index is 14.3. The van der Waals surface area contributed by atoms with Gasteiger partial charge in [-0.3, -0.25) is 38.5 Å². The van der Waals surface area contributed by atoms with Gasteiger partial charge in [0.25, 0.3) is 0 Å². The molecule has 418 valence electrons. The second-order valence-electron chi connectivity index (χ2n) is 22.5. The Hall–Kier alpha value is -6.90. The van der Waals surface area contributed by atoms with Crippen LogP contribution in [0.25, 0.3) is 10.4 Å². The first-order valence-corrected chi connectivity index (χ1v) is 27.7. The van der Waals surface area contributed by atoms with E-state index in [1.807, 2.05) is 77.1 Å². The van der Waals surface area contributed by atoms with Gasteiger partial charge in [-0.2, -0.15) is 0 Å². The number of nitrogens with one attached hydrogen (secondary N) is 5. The van der Waals surface area contributed by atoms with Crippen LogP contribution in [0.4, 0.5) is 16.2 Å². The Morgan fingerprint density at radius 1 is 0.897 bits per heavy atom. The van der Waals surface area contributed by atoms with E-state index in [0.717, 1.165) is 32.8 Å². The van der Waals surface area contributed by atoms with Crippen molar-refractivity contribution in [2.75, 3.05) is 16.8 Å². The highest BCUT2D eigenvalue weighted by Crippen LogP contribution is 2.40. The standard InChI is InChI=1S/C57H72ClN9O10S/c1-31(33-19-21-36(22-20-33)48-32(2)60-30-78-48)61-51(72)42-28-38(68)29-66(42)54(75)49(56(3,4)5)65-45(70)18-10-9-13-34-14-12-17-39(46(34)58)62-50(71)40(25-26-44(59)69)63-52(73)43-27-37-16-11-15-35-23-24-41(53(74)67(43)47(35)37)64-55(76)77-57(6,7)8/h11-12,14-17,19-22,30-31,38,40-43,49,68H,9-10,13,18,23-29H2,1-8H3,(H2,59,69)(H,61,72)(H,62,71)(H,63,73)(H,64,76)(H,65,70)/t31-,38+,40?,41-,42-,43-,49?/m0/s1. The molecule has 3 aliphatic heterocycles. The Balaban J connectivity index is 0.938. The van der Waals surface area contributed by atoms with Gasteiger partial charge >= 0.3 is 6.09 Å². The largest absolute Gasteiger partial charge is 0.444 e. The Morgan fingerprint density at radius 3 is 2.26 bits per heavy atom. The van der Waals surface area contributed by atoms with Crippen molar-refractivity contribution >= 4 is 81.8 Å². The Kier molecular flexibility index (Phi) is 18.7. The molecule has 4 heterocycles. The number of nitrogens with zero attached hydrogens (tertiary/aromatic N) is 3. The molecule has 3 aliphatic rings. The number of carbonyl (C=O) groups is 8. The van der Waals surface area contributed by atoms with Crippen molar-refractivity contribution in [2.45, 2.75) is 168 Å². The maximum atomic E-state index is 14.3. The van der Waals surface area contributed by atoms with Gasteiger partial charge in [0, 0.05) is 32.2 Å². The van der Waals surface area contributed by atoms with Crippen molar-refractivity contribution in [1.29, 1.82) is 0 Å². The number of alkyl carbamates (subject to hydrolysis) is 1. The van der Waals surface area contributed by atoms with Gasteiger partial charge in [-0.25, -0.2) is 9.78 Å². The van der Waals surface area contributed by atoms with E-state index < -0.39 is 94.9 Å². The van der Waals surface area contributed by atoms with E-state index in [0.29, 0.717) is 36.9 Å². The molecule has 1 fully saturated rings. The van der Waals surface area contributed by atoms with Crippen LogP contribution < -0.4 is 37.2 Å². The molecule has 78 heavy (non-hydrogen) atoms. The van der Waals surface area contributed by atoms with Gasteiger partial charge < -0.3 is 47.1 Å². The fraction of sp³-hybridized carbons (Fsp3) is 0.491. The summed E-state index contributed by atoms with van der Waals surface area (Å²) in [4.78, 5) is 117. The summed E-state index contributed by atoms with van der Waals surface area (Å²) in [5.74, 6) is -3.77. The number of aryl methyl sites for hydroxylation is 3. The number of aliphatic hydroxyl groups is 1. The van der Waals surface area contributed by atoms with Gasteiger partial charge in [-0.1, -0.05) is 87.0 Å². The number of rotatable bonds is 19. The molecule has 2 unspecified atom stereocenters. The normalized spacial score (nSPS) is 19.2. The topological polar surface area (TPSA) is 272 Å². The number of primary amides is 1. The summed E-state index contributed by atoms with van der Waals surface area (Å²) in [6.45, 7) is 14.3. The summed E-state index contributed by atoms with van der Waals surface area (Å²) in [6.07, 6.45) is 0.196. The number of benzene rings is 3. The quantitative estimate of drug-likeness (QED) is 0.0509. The minimum absolute atomic E-state index is 0.0524. The van der Waals surface area contributed by atoms with Crippen LogP contribution in [0.5, 0.6) is 0 Å². The third kappa shape index (κ3) is 14.4. The van der Waals surface area contributed by atoms with Crippen molar-refractivity contribution in [3.8, 4) is 10.4 Å². The van der Waals surface area contributed by atoms with Crippen LogP contribution in [-0.2, 0) is 57.6 Å². The number of ether oxygens (including phenoxy) is 1. The Bertz CT molecular complexity index is 2920. The van der Waals surface area contributed by atoms with Crippen molar-refractivity contribution in [3.05, 3.63) is 99.1 Å². The van der Waals surface area contributed by atoms with E-state index in [9.17, 15) is 43.5 Å². The molecule has 7 rings (SSSR count). The number of nitrogens with two attached hydrogens (primary N) is 1. The van der Waals surface area contributed by atoms with Crippen molar-refractivity contribution in [2.24, 2.45) is 11.1 Å². The van der Waals surface area contributed by atoms with Gasteiger partial charge in [0.05, 0.1) is 44.6 Å². The van der Waals surface area contributed by atoms with Crippen LogP contribution >= 0.6 is 22.9 Å². The predicted octanol–water partition coefficient (Wildman–Crippen LogP) is 6.34. The number of likely N-dealkylation sites (tertiary alicyclic amines) is 1. The number of halogens is 1. The number of β-amino-alcohol motifs (C(OH)–C–C–N with tert-alkyl or cyclic N) is 1. The van der Waals surface area contributed by atoms with Crippen LogP contribution in [-0.4, -0.2) is 111 Å². The number of para-hydroxylation sites is 1. The van der Waals surface area contributed by atoms with Crippen LogP contribution in [0.3, 0.4) is 0 Å². The van der Waals surface area contributed by atoms with E-state index in [1.165, 1.54) is 9.80 Å². The highest BCUT2D eigenvalue weighted by Gasteiger charge is 2.46. The lowest BCUT2D eigenvalue weighted by Crippen LogP contribution is -2.57. The van der Waals surface area contributed by atoms with Crippen LogP contribution in [0.15, 0.2) is 66.2 Å². The number of unbranched alkanes of at least 4 members (excludes halogenated alkanes) is 1. The number of hydrogen-bond acceptors (Lipinski definition) is 12. The summed E-state index contributed by atoms with van der Waals surface area (Å²) in [5.41, 5.74) is 11.6. The summed E-state index contributed by atoms with van der Waals surface area (Å²) in [5, 5.41) is 25.1. The average Bonchev–Trinajstić information content (AvgIpc) is 4.18. The highest BCUT2D eigenvalue weighted by atomic mass is 35.5. The molecule has 21 heteroatoms. The fourth-order valence-electron chi connectivity index (χ4n) is 10.2. The molecule has 8 amide bonds. The average molecular weight is 1110 g/mol. The minimum Gasteiger partial charge on any atom is -0.444 e. The van der Waals surface area contributed by atoms with Crippen molar-refractivity contribution in [3.63, 3.8) is 0 Å². The molecular formula is C57H72ClN9O10S. The van der Waals surface area contributed by atoms with E-state index in [4.69, 9.17) is 22.1 Å². The number of anilines is 2. The molecule has 0 aliphatic carbocycles. The Morgan fingerprint density at radius 2 is 1.59 bits per heavy atom. The molecule has 0 radical (unpaired) electrons. The highest BCUT2D eigenvalue weighted by molar-refractivity contribution is 7.13. The summed E-state index contributed by atoms with van der Waals surface area (Å²) < 4.78 is 5.43. The van der Waals surface area contributed by atoms with E-state index in [1.54, 1.807) is 55.8 Å². The van der Waals surface area contributed by atoms with Crippen molar-refractivity contribution in [1.82, 2.24) is 31.2 Å².